The van der Waals surface area contributed by atoms with Gasteiger partial charge in [-0.25, -0.2) is 0 Å². The summed E-state index contributed by atoms with van der Waals surface area (Å²) in [6.07, 6.45) is 1.90. The van der Waals surface area contributed by atoms with Crippen LogP contribution in [0.5, 0.6) is 0 Å². The molecule has 150 valence electrons. The van der Waals surface area contributed by atoms with Crippen LogP contribution in [-0.2, 0) is 17.8 Å². The molecule has 1 N–H and O–H groups in total. The standard InChI is InChI=1S/C23H23ClN2O3/c1-15-19-13-18(24)8-9-20(19)29-22(15)23(28)25-11-4-7-21(27)26-12-10-16-5-2-3-6-17(16)14-26/h2-3,5-6,8-9,13H,4,7,10-12,14H2,1H3,(H,25,28). The summed E-state index contributed by atoms with van der Waals surface area (Å²) >= 11 is 6.03. The van der Waals surface area contributed by atoms with E-state index >= 15 is 0 Å². The molecule has 0 radical (unpaired) electrons. The van der Waals surface area contributed by atoms with E-state index in [0.29, 0.717) is 42.3 Å². The number of aryl methyl sites for hydroxylation is 1. The fourth-order valence-electron chi connectivity index (χ4n) is 3.80. The summed E-state index contributed by atoms with van der Waals surface area (Å²) in [6, 6.07) is 13.5. The van der Waals surface area contributed by atoms with Crippen LogP contribution >= 0.6 is 11.6 Å². The lowest BCUT2D eigenvalue weighted by atomic mass is 9.99. The molecule has 0 saturated heterocycles. The van der Waals surface area contributed by atoms with E-state index in [1.807, 2.05) is 24.0 Å². The number of furan rings is 1. The number of amides is 2. The lowest BCUT2D eigenvalue weighted by molar-refractivity contribution is -0.132. The van der Waals surface area contributed by atoms with Crippen molar-refractivity contribution in [3.05, 3.63) is 69.9 Å². The number of hydrogen-bond donors (Lipinski definition) is 1. The van der Waals surface area contributed by atoms with Gasteiger partial charge in [-0.05, 0) is 49.1 Å². The summed E-state index contributed by atoms with van der Waals surface area (Å²) in [5.41, 5.74) is 3.95. The number of nitrogens with one attached hydrogen (secondary N) is 1. The summed E-state index contributed by atoms with van der Waals surface area (Å²) < 4.78 is 5.68. The highest BCUT2D eigenvalue weighted by Gasteiger charge is 2.21. The number of nitrogens with zero attached hydrogens (tertiary/aromatic N) is 1. The molecule has 0 spiro atoms. The molecule has 0 unspecified atom stereocenters. The van der Waals surface area contributed by atoms with Crippen LogP contribution in [0.3, 0.4) is 0 Å². The Morgan fingerprint density at radius 3 is 2.79 bits per heavy atom. The highest BCUT2D eigenvalue weighted by atomic mass is 35.5. The predicted molar refractivity (Wildman–Crippen MR) is 113 cm³/mol. The van der Waals surface area contributed by atoms with Crippen molar-refractivity contribution in [2.45, 2.75) is 32.7 Å². The van der Waals surface area contributed by atoms with Gasteiger partial charge in [0, 0.05) is 42.0 Å². The highest BCUT2D eigenvalue weighted by molar-refractivity contribution is 6.31. The van der Waals surface area contributed by atoms with Gasteiger partial charge in [-0.3, -0.25) is 9.59 Å². The number of halogens is 1. The molecule has 0 atom stereocenters. The van der Waals surface area contributed by atoms with E-state index in [9.17, 15) is 9.59 Å². The first-order valence-electron chi connectivity index (χ1n) is 9.84. The molecule has 2 heterocycles. The monoisotopic (exact) mass is 410 g/mol. The van der Waals surface area contributed by atoms with Gasteiger partial charge in [-0.1, -0.05) is 35.9 Å². The minimum Gasteiger partial charge on any atom is -0.451 e. The van der Waals surface area contributed by atoms with E-state index in [4.69, 9.17) is 16.0 Å². The third-order valence-corrected chi connectivity index (χ3v) is 5.68. The van der Waals surface area contributed by atoms with Crippen molar-refractivity contribution in [1.29, 1.82) is 0 Å². The molecule has 29 heavy (non-hydrogen) atoms. The van der Waals surface area contributed by atoms with Gasteiger partial charge in [0.2, 0.25) is 5.91 Å². The molecule has 2 amide bonds. The van der Waals surface area contributed by atoms with Crippen molar-refractivity contribution in [2.75, 3.05) is 13.1 Å². The van der Waals surface area contributed by atoms with E-state index in [2.05, 4.69) is 17.4 Å². The van der Waals surface area contributed by atoms with Gasteiger partial charge in [0.1, 0.15) is 5.58 Å². The second kappa shape index (κ2) is 8.29. The molecule has 0 aliphatic carbocycles. The van der Waals surface area contributed by atoms with Gasteiger partial charge in [-0.2, -0.15) is 0 Å². The Morgan fingerprint density at radius 2 is 1.97 bits per heavy atom. The van der Waals surface area contributed by atoms with Gasteiger partial charge in [-0.15, -0.1) is 0 Å². The highest BCUT2D eigenvalue weighted by Crippen LogP contribution is 2.27. The fraction of sp³-hybridized carbons (Fsp3) is 0.304. The maximum atomic E-state index is 12.5. The zero-order valence-electron chi connectivity index (χ0n) is 16.3. The largest absolute Gasteiger partial charge is 0.451 e. The quantitative estimate of drug-likeness (QED) is 0.630. The number of hydrogen-bond acceptors (Lipinski definition) is 3. The van der Waals surface area contributed by atoms with Gasteiger partial charge in [0.15, 0.2) is 5.76 Å². The van der Waals surface area contributed by atoms with Crippen LogP contribution in [0.25, 0.3) is 11.0 Å². The molecule has 1 aliphatic heterocycles. The number of benzene rings is 2. The molecular weight excluding hydrogens is 388 g/mol. The number of fused-ring (bicyclic) bond motifs is 2. The van der Waals surface area contributed by atoms with Crippen molar-refractivity contribution in [3.8, 4) is 0 Å². The van der Waals surface area contributed by atoms with Gasteiger partial charge in [0.25, 0.3) is 5.91 Å². The van der Waals surface area contributed by atoms with E-state index in [1.165, 1.54) is 11.1 Å². The summed E-state index contributed by atoms with van der Waals surface area (Å²) in [5, 5.41) is 4.29. The predicted octanol–water partition coefficient (Wildman–Crippen LogP) is 4.49. The first-order valence-corrected chi connectivity index (χ1v) is 10.2. The second-order valence-electron chi connectivity index (χ2n) is 7.39. The summed E-state index contributed by atoms with van der Waals surface area (Å²) in [7, 11) is 0. The molecule has 1 aromatic heterocycles. The Kier molecular flexibility index (Phi) is 5.58. The van der Waals surface area contributed by atoms with Gasteiger partial charge in [0.05, 0.1) is 0 Å². The lowest BCUT2D eigenvalue weighted by Gasteiger charge is -2.29. The summed E-state index contributed by atoms with van der Waals surface area (Å²) in [5.74, 6) is 0.152. The molecule has 3 aromatic rings. The molecule has 1 aliphatic rings. The van der Waals surface area contributed by atoms with Crippen LogP contribution in [0, 0.1) is 6.92 Å². The number of rotatable bonds is 5. The SMILES string of the molecule is Cc1c(C(=O)NCCCC(=O)N2CCc3ccccc3C2)oc2ccc(Cl)cc12. The molecule has 0 saturated carbocycles. The maximum Gasteiger partial charge on any atom is 0.287 e. The van der Waals surface area contributed by atoms with Crippen LogP contribution < -0.4 is 5.32 Å². The first-order chi connectivity index (χ1) is 14.0. The molecule has 0 bridgehead atoms. The Balaban J connectivity index is 1.28. The topological polar surface area (TPSA) is 62.6 Å². The Hall–Kier alpha value is -2.79. The van der Waals surface area contributed by atoms with Crippen LogP contribution in [0.4, 0.5) is 0 Å². The third kappa shape index (κ3) is 4.15. The van der Waals surface area contributed by atoms with E-state index in [0.717, 1.165) is 23.9 Å². The molecule has 0 fully saturated rings. The Bertz CT molecular complexity index is 1070. The molecular formula is C23H23ClN2O3. The summed E-state index contributed by atoms with van der Waals surface area (Å²) in [4.78, 5) is 26.9. The van der Waals surface area contributed by atoms with Gasteiger partial charge >= 0.3 is 0 Å². The Labute approximate surface area is 174 Å². The second-order valence-corrected chi connectivity index (χ2v) is 7.83. The zero-order chi connectivity index (χ0) is 20.4. The smallest absolute Gasteiger partial charge is 0.287 e. The lowest BCUT2D eigenvalue weighted by Crippen LogP contribution is -2.36. The van der Waals surface area contributed by atoms with Gasteiger partial charge < -0.3 is 14.6 Å². The first kappa shape index (κ1) is 19.5. The average molecular weight is 411 g/mol. The van der Waals surface area contributed by atoms with Crippen LogP contribution in [0.15, 0.2) is 46.9 Å². The molecule has 4 rings (SSSR count). The third-order valence-electron chi connectivity index (χ3n) is 5.44. The molecule has 6 heteroatoms. The maximum absolute atomic E-state index is 12.5. The van der Waals surface area contributed by atoms with E-state index < -0.39 is 0 Å². The van der Waals surface area contributed by atoms with E-state index in [1.54, 1.807) is 18.2 Å². The molecule has 5 nitrogen and oxygen atoms in total. The minimum absolute atomic E-state index is 0.128. The van der Waals surface area contributed by atoms with Crippen LogP contribution in [0.1, 0.15) is 40.1 Å². The summed E-state index contributed by atoms with van der Waals surface area (Å²) in [6.45, 7) is 3.69. The van der Waals surface area contributed by atoms with Crippen molar-refractivity contribution in [3.63, 3.8) is 0 Å². The van der Waals surface area contributed by atoms with E-state index in [-0.39, 0.29) is 11.8 Å². The Morgan fingerprint density at radius 1 is 1.17 bits per heavy atom. The van der Waals surface area contributed by atoms with Crippen molar-refractivity contribution in [1.82, 2.24) is 10.2 Å². The van der Waals surface area contributed by atoms with Crippen LogP contribution in [0.2, 0.25) is 5.02 Å². The van der Waals surface area contributed by atoms with Crippen molar-refractivity contribution < 1.29 is 14.0 Å². The zero-order valence-corrected chi connectivity index (χ0v) is 17.1. The molecule has 2 aromatic carbocycles. The fourth-order valence-corrected chi connectivity index (χ4v) is 3.97. The number of carbonyl (C=O) groups excluding carboxylic acids is 2. The van der Waals surface area contributed by atoms with Crippen molar-refractivity contribution >= 4 is 34.4 Å². The minimum atomic E-state index is -0.269. The van der Waals surface area contributed by atoms with Crippen LogP contribution in [-0.4, -0.2) is 29.8 Å². The normalized spacial score (nSPS) is 13.4. The van der Waals surface area contributed by atoms with Crippen molar-refractivity contribution in [2.24, 2.45) is 0 Å². The number of carbonyl (C=O) groups is 2. The average Bonchev–Trinajstić information content (AvgIpc) is 3.06.